The van der Waals surface area contributed by atoms with E-state index in [1.54, 1.807) is 0 Å². The van der Waals surface area contributed by atoms with Crippen LogP contribution in [0.15, 0.2) is 66.7 Å². The van der Waals surface area contributed by atoms with Crippen LogP contribution in [0.2, 0.25) is 0 Å². The van der Waals surface area contributed by atoms with Gasteiger partial charge in [-0.3, -0.25) is 0 Å². The average Bonchev–Trinajstić information content (AvgIpc) is 3.30. The highest BCUT2D eigenvalue weighted by Gasteiger charge is 2.37. The topological polar surface area (TPSA) is 8.81 Å². The van der Waals surface area contributed by atoms with Crippen LogP contribution in [-0.2, 0) is 5.54 Å². The molecule has 32 heavy (non-hydrogen) atoms. The molecule has 1 aliphatic rings. The summed E-state index contributed by atoms with van der Waals surface area (Å²) in [6.07, 6.45) is 2.22. The summed E-state index contributed by atoms with van der Waals surface area (Å²) in [5.41, 5.74) is 9.65. The van der Waals surface area contributed by atoms with Crippen molar-refractivity contribution in [2.75, 3.05) is 0 Å². The fraction of sp³-hybridized carbons (Fsp3) is 0.300. The Morgan fingerprint density at radius 1 is 0.844 bits per heavy atom. The highest BCUT2D eigenvalue weighted by molar-refractivity contribution is 6.10. The lowest BCUT2D eigenvalue weighted by molar-refractivity contribution is -0.669. The Morgan fingerprint density at radius 3 is 2.28 bits per heavy atom. The third kappa shape index (κ3) is 2.38. The number of fused-ring (bicyclic) bond motifs is 8. The highest BCUT2D eigenvalue weighted by Crippen LogP contribution is 2.43. The molecular formula is C30H31N2+. The van der Waals surface area contributed by atoms with Gasteiger partial charge in [-0.1, -0.05) is 44.2 Å². The summed E-state index contributed by atoms with van der Waals surface area (Å²) in [5, 5.41) is 4.10. The molecule has 0 saturated carbocycles. The van der Waals surface area contributed by atoms with Crippen molar-refractivity contribution < 1.29 is 4.57 Å². The van der Waals surface area contributed by atoms with Gasteiger partial charge in [-0.15, -0.1) is 0 Å². The number of benzene rings is 3. The zero-order chi connectivity index (χ0) is 22.2. The Hall–Kier alpha value is -3.13. The first-order valence-corrected chi connectivity index (χ1v) is 12.0. The molecule has 1 atom stereocenters. The van der Waals surface area contributed by atoms with Crippen molar-refractivity contribution in [2.24, 2.45) is 0 Å². The Labute approximate surface area is 190 Å². The highest BCUT2D eigenvalue weighted by atomic mass is 15.1. The number of aromatic nitrogens is 2. The van der Waals surface area contributed by atoms with Crippen LogP contribution in [0.25, 0.3) is 44.0 Å². The summed E-state index contributed by atoms with van der Waals surface area (Å²) in [6.45, 7) is 11.6. The number of rotatable bonds is 3. The molecule has 2 aromatic heterocycles. The summed E-state index contributed by atoms with van der Waals surface area (Å²) < 4.78 is 5.16. The summed E-state index contributed by atoms with van der Waals surface area (Å²) in [5.74, 6) is 0. The van der Waals surface area contributed by atoms with Crippen LogP contribution in [0, 0.1) is 6.92 Å². The second-order valence-electron chi connectivity index (χ2n) is 9.79. The minimum Gasteiger partial charge on any atom is -0.335 e. The predicted molar refractivity (Wildman–Crippen MR) is 135 cm³/mol. The predicted octanol–water partition coefficient (Wildman–Crippen LogP) is 7.67. The molecule has 0 spiro atoms. The lowest BCUT2D eigenvalue weighted by Crippen LogP contribution is -2.37. The SMILES string of the molecule is CCC(C)(CC)n1c2ccccc2c2cc3c(cc21)-c1cc(C)c2ccccc2[n+]1C3C. The van der Waals surface area contributed by atoms with Gasteiger partial charge < -0.3 is 4.57 Å². The van der Waals surface area contributed by atoms with Gasteiger partial charge in [-0.25, -0.2) is 0 Å². The molecule has 0 saturated heterocycles. The molecule has 3 heterocycles. The quantitative estimate of drug-likeness (QED) is 0.265. The molecule has 0 bridgehead atoms. The van der Waals surface area contributed by atoms with Crippen LogP contribution in [0.4, 0.5) is 0 Å². The Kier molecular flexibility index (Phi) is 4.08. The number of pyridine rings is 1. The Bertz CT molecular complexity index is 1530. The first-order valence-electron chi connectivity index (χ1n) is 12.0. The van der Waals surface area contributed by atoms with Gasteiger partial charge in [-0.05, 0) is 56.5 Å². The molecule has 0 amide bonds. The third-order valence-corrected chi connectivity index (χ3v) is 8.22. The fourth-order valence-electron chi connectivity index (χ4n) is 6.01. The van der Waals surface area contributed by atoms with Crippen molar-refractivity contribution in [1.29, 1.82) is 0 Å². The van der Waals surface area contributed by atoms with Crippen molar-refractivity contribution >= 4 is 32.7 Å². The van der Waals surface area contributed by atoms with Crippen LogP contribution >= 0.6 is 0 Å². The molecule has 2 heteroatoms. The number of hydrogen-bond donors (Lipinski definition) is 0. The lowest BCUT2D eigenvalue weighted by atomic mass is 9.94. The van der Waals surface area contributed by atoms with E-state index in [0.717, 1.165) is 12.8 Å². The van der Waals surface area contributed by atoms with Crippen LogP contribution < -0.4 is 4.57 Å². The smallest absolute Gasteiger partial charge is 0.214 e. The van der Waals surface area contributed by atoms with Crippen LogP contribution in [-0.4, -0.2) is 4.57 Å². The van der Waals surface area contributed by atoms with Crippen molar-refractivity contribution in [2.45, 2.75) is 59.0 Å². The van der Waals surface area contributed by atoms with Crippen molar-refractivity contribution in [3.05, 3.63) is 77.9 Å². The summed E-state index contributed by atoms with van der Waals surface area (Å²) in [7, 11) is 0. The van der Waals surface area contributed by atoms with E-state index in [0.29, 0.717) is 6.04 Å². The van der Waals surface area contributed by atoms with Crippen LogP contribution in [0.1, 0.15) is 57.7 Å². The van der Waals surface area contributed by atoms with Crippen molar-refractivity contribution in [3.8, 4) is 11.3 Å². The summed E-state index contributed by atoms with van der Waals surface area (Å²) >= 11 is 0. The maximum Gasteiger partial charge on any atom is 0.214 e. The maximum atomic E-state index is 2.62. The van der Waals surface area contributed by atoms with Gasteiger partial charge in [0.1, 0.15) is 0 Å². The first kappa shape index (κ1) is 19.5. The van der Waals surface area contributed by atoms with E-state index in [2.05, 4.69) is 110 Å². The normalized spacial score (nSPS) is 15.6. The van der Waals surface area contributed by atoms with Crippen LogP contribution in [0.3, 0.4) is 0 Å². The number of aryl methyl sites for hydroxylation is 1. The maximum absolute atomic E-state index is 2.62. The Balaban J connectivity index is 1.75. The van der Waals surface area contributed by atoms with Gasteiger partial charge in [-0.2, -0.15) is 4.57 Å². The number of para-hydroxylation sites is 2. The molecule has 2 nitrogen and oxygen atoms in total. The van der Waals surface area contributed by atoms with Gasteiger partial charge in [0.25, 0.3) is 0 Å². The molecule has 0 fully saturated rings. The van der Waals surface area contributed by atoms with Crippen molar-refractivity contribution in [3.63, 3.8) is 0 Å². The molecule has 3 aromatic carbocycles. The number of nitrogens with zero attached hydrogens (tertiary/aromatic N) is 2. The molecule has 0 radical (unpaired) electrons. The minimum absolute atomic E-state index is 0.0923. The van der Waals surface area contributed by atoms with Gasteiger partial charge in [0.2, 0.25) is 11.2 Å². The van der Waals surface area contributed by atoms with E-state index in [1.165, 1.54) is 55.1 Å². The molecule has 160 valence electrons. The average molecular weight is 420 g/mol. The molecule has 0 aliphatic carbocycles. The van der Waals surface area contributed by atoms with E-state index in [1.807, 2.05) is 0 Å². The lowest BCUT2D eigenvalue weighted by Gasteiger charge is -2.31. The number of hydrogen-bond acceptors (Lipinski definition) is 0. The Morgan fingerprint density at radius 2 is 1.53 bits per heavy atom. The van der Waals surface area contributed by atoms with Gasteiger partial charge >= 0.3 is 0 Å². The van der Waals surface area contributed by atoms with Gasteiger partial charge in [0.05, 0.1) is 11.1 Å². The van der Waals surface area contributed by atoms with E-state index in [4.69, 9.17) is 0 Å². The molecule has 1 aliphatic heterocycles. The molecule has 5 aromatic rings. The van der Waals surface area contributed by atoms with E-state index >= 15 is 0 Å². The van der Waals surface area contributed by atoms with E-state index in [-0.39, 0.29) is 5.54 Å². The molecule has 6 rings (SSSR count). The second-order valence-corrected chi connectivity index (χ2v) is 9.79. The summed E-state index contributed by atoms with van der Waals surface area (Å²) in [6, 6.07) is 25.5. The third-order valence-electron chi connectivity index (χ3n) is 8.22. The molecule has 1 unspecified atom stereocenters. The summed E-state index contributed by atoms with van der Waals surface area (Å²) in [4.78, 5) is 0. The zero-order valence-electron chi connectivity index (χ0n) is 19.7. The van der Waals surface area contributed by atoms with E-state index < -0.39 is 0 Å². The minimum atomic E-state index is 0.0923. The standard InChI is InChI=1S/C30H31N2/c1-6-30(5,7-2)32-27-15-11-9-13-22(27)24-17-23-20(4)31-26-14-10-8-12-21(26)19(3)16-28(31)25(23)18-29(24)32/h8-18,20H,6-7H2,1-5H3/q+1. The monoisotopic (exact) mass is 419 g/mol. The van der Waals surface area contributed by atoms with Crippen molar-refractivity contribution in [1.82, 2.24) is 4.57 Å². The van der Waals surface area contributed by atoms with Gasteiger partial charge in [0, 0.05) is 51.8 Å². The fourth-order valence-corrected chi connectivity index (χ4v) is 6.01. The molecule has 0 N–H and O–H groups in total. The van der Waals surface area contributed by atoms with E-state index in [9.17, 15) is 0 Å². The first-order chi connectivity index (χ1) is 15.5. The van der Waals surface area contributed by atoms with Crippen LogP contribution in [0.5, 0.6) is 0 Å². The largest absolute Gasteiger partial charge is 0.335 e. The second kappa shape index (κ2) is 6.68. The zero-order valence-corrected chi connectivity index (χ0v) is 19.7. The molecular weight excluding hydrogens is 388 g/mol. The van der Waals surface area contributed by atoms with Gasteiger partial charge in [0.15, 0.2) is 6.04 Å².